The van der Waals surface area contributed by atoms with Gasteiger partial charge in [0.2, 0.25) is 11.2 Å². The fourth-order valence-corrected chi connectivity index (χ4v) is 4.30. The number of fused-ring (bicyclic) bond motifs is 2. The quantitative estimate of drug-likeness (QED) is 0.231. The molecule has 0 aliphatic rings. The first-order chi connectivity index (χ1) is 17.6. The van der Waals surface area contributed by atoms with Crippen LogP contribution in [0.5, 0.6) is 17.2 Å². The Balaban J connectivity index is 1.52. The molecule has 0 bridgehead atoms. The van der Waals surface area contributed by atoms with Crippen molar-refractivity contribution in [3.63, 3.8) is 0 Å². The van der Waals surface area contributed by atoms with Gasteiger partial charge < -0.3 is 13.9 Å². The molecule has 5 rings (SSSR count). The van der Waals surface area contributed by atoms with Gasteiger partial charge in [-0.05, 0) is 65.6 Å². The molecule has 4 nitrogen and oxygen atoms in total. The molecule has 0 spiro atoms. The number of rotatable bonds is 5. The number of aryl methyl sites for hydroxylation is 2. The number of hydrogen-bond donors (Lipinski definition) is 0. The number of ether oxygens (including phenoxy) is 2. The van der Waals surface area contributed by atoms with Gasteiger partial charge >= 0.3 is 6.18 Å². The van der Waals surface area contributed by atoms with Gasteiger partial charge in [-0.2, -0.15) is 13.2 Å². The fourth-order valence-electron chi connectivity index (χ4n) is 4.19. The molecule has 188 valence electrons. The molecule has 0 atom stereocenters. The molecule has 4 aromatic carbocycles. The van der Waals surface area contributed by atoms with Gasteiger partial charge in [0, 0.05) is 11.1 Å². The summed E-state index contributed by atoms with van der Waals surface area (Å²) in [4.78, 5) is 13.1. The van der Waals surface area contributed by atoms with E-state index in [1.54, 1.807) is 13.8 Å². The van der Waals surface area contributed by atoms with Crippen LogP contribution in [0.15, 0.2) is 82.0 Å². The van der Waals surface area contributed by atoms with Crippen molar-refractivity contribution >= 4 is 33.3 Å². The Kier molecular flexibility index (Phi) is 6.33. The molecule has 37 heavy (non-hydrogen) atoms. The van der Waals surface area contributed by atoms with Gasteiger partial charge in [-0.15, -0.1) is 0 Å². The van der Waals surface area contributed by atoms with Gasteiger partial charge in [-0.1, -0.05) is 54.1 Å². The van der Waals surface area contributed by atoms with Crippen LogP contribution in [0.1, 0.15) is 22.5 Å². The topological polar surface area (TPSA) is 48.7 Å². The zero-order chi connectivity index (χ0) is 26.3. The number of hydrogen-bond acceptors (Lipinski definition) is 4. The zero-order valence-electron chi connectivity index (χ0n) is 19.8. The summed E-state index contributed by atoms with van der Waals surface area (Å²) in [7, 11) is 0. The maximum Gasteiger partial charge on any atom is 0.453 e. The Labute approximate surface area is 214 Å². The van der Waals surface area contributed by atoms with E-state index in [0.717, 1.165) is 16.3 Å². The highest BCUT2D eigenvalue weighted by Crippen LogP contribution is 2.39. The second kappa shape index (κ2) is 9.48. The minimum Gasteiger partial charge on any atom is -0.489 e. The van der Waals surface area contributed by atoms with Crippen molar-refractivity contribution < 1.29 is 27.1 Å². The monoisotopic (exact) mass is 524 g/mol. The number of alkyl halides is 3. The average Bonchev–Trinajstić information content (AvgIpc) is 2.86. The Bertz CT molecular complexity index is 1680. The van der Waals surface area contributed by atoms with Gasteiger partial charge in [0.15, 0.2) is 0 Å². The summed E-state index contributed by atoms with van der Waals surface area (Å²) in [5, 5.41) is 2.44. The molecule has 0 fully saturated rings. The van der Waals surface area contributed by atoms with E-state index < -0.39 is 23.1 Å². The number of halogens is 4. The van der Waals surface area contributed by atoms with Crippen molar-refractivity contribution in [3.8, 4) is 17.2 Å². The lowest BCUT2D eigenvalue weighted by Crippen LogP contribution is -2.15. The van der Waals surface area contributed by atoms with E-state index in [-0.39, 0.29) is 29.1 Å². The van der Waals surface area contributed by atoms with Crippen LogP contribution in [-0.4, -0.2) is 0 Å². The molecular weight excluding hydrogens is 505 g/mol. The van der Waals surface area contributed by atoms with Crippen molar-refractivity contribution in [2.75, 3.05) is 0 Å². The van der Waals surface area contributed by atoms with Crippen molar-refractivity contribution in [3.05, 3.63) is 110 Å². The van der Waals surface area contributed by atoms with Crippen LogP contribution >= 0.6 is 11.6 Å². The van der Waals surface area contributed by atoms with Crippen molar-refractivity contribution in [1.82, 2.24) is 0 Å². The van der Waals surface area contributed by atoms with Crippen molar-refractivity contribution in [1.29, 1.82) is 0 Å². The summed E-state index contributed by atoms with van der Waals surface area (Å²) in [5.41, 5.74) is 0.905. The van der Waals surface area contributed by atoms with Gasteiger partial charge in [-0.25, -0.2) is 0 Å². The predicted octanol–water partition coefficient (Wildman–Crippen LogP) is 8.61. The highest BCUT2D eigenvalue weighted by molar-refractivity contribution is 6.32. The molecule has 1 heterocycles. The highest BCUT2D eigenvalue weighted by atomic mass is 35.5. The van der Waals surface area contributed by atoms with Crippen molar-refractivity contribution in [2.24, 2.45) is 0 Å². The summed E-state index contributed by atoms with van der Waals surface area (Å²) in [6, 6.07) is 20.7. The van der Waals surface area contributed by atoms with E-state index in [1.807, 2.05) is 42.5 Å². The molecular formula is C29H20ClF3O4. The molecule has 1 aromatic heterocycles. The van der Waals surface area contributed by atoms with E-state index in [1.165, 1.54) is 30.3 Å². The highest BCUT2D eigenvalue weighted by Gasteiger charge is 2.40. The van der Waals surface area contributed by atoms with Crippen LogP contribution in [-0.2, 0) is 12.8 Å². The first-order valence-electron chi connectivity index (χ1n) is 11.3. The maximum atomic E-state index is 13.9. The first kappa shape index (κ1) is 24.7. The number of benzene rings is 4. The summed E-state index contributed by atoms with van der Waals surface area (Å²) in [6.45, 7) is 3.56. The van der Waals surface area contributed by atoms with Crippen LogP contribution < -0.4 is 14.9 Å². The Morgan fingerprint density at radius 2 is 1.57 bits per heavy atom. The Morgan fingerprint density at radius 1 is 0.865 bits per heavy atom. The van der Waals surface area contributed by atoms with Crippen LogP contribution in [0.25, 0.3) is 21.7 Å². The molecule has 0 aliphatic carbocycles. The van der Waals surface area contributed by atoms with Crippen molar-refractivity contribution in [2.45, 2.75) is 26.6 Å². The third-order valence-corrected chi connectivity index (χ3v) is 6.58. The second-order valence-corrected chi connectivity index (χ2v) is 9.02. The van der Waals surface area contributed by atoms with Gasteiger partial charge in [-0.3, -0.25) is 4.79 Å². The molecule has 8 heteroatoms. The van der Waals surface area contributed by atoms with E-state index in [4.69, 9.17) is 25.5 Å². The molecule has 0 radical (unpaired) electrons. The fraction of sp³-hybridized carbons (Fsp3) is 0.138. The van der Waals surface area contributed by atoms with E-state index in [0.29, 0.717) is 16.1 Å². The van der Waals surface area contributed by atoms with Gasteiger partial charge in [0.1, 0.15) is 23.7 Å². The molecule has 0 saturated carbocycles. The smallest absolute Gasteiger partial charge is 0.453 e. The Hall–Kier alpha value is -3.97. The predicted molar refractivity (Wildman–Crippen MR) is 137 cm³/mol. The minimum atomic E-state index is -4.97. The standard InChI is InChI=1S/C29H20ClF3O4/c1-16-12-21(13-17(2)25(16)30)36-27-26(34)23-11-10-20(14-24(23)37-28(27)29(31,32)33)35-15-19-8-5-7-18-6-3-4-9-22(18)19/h3-14H,15H2,1-2H3. The summed E-state index contributed by atoms with van der Waals surface area (Å²) in [5.74, 6) is -2.16. The third kappa shape index (κ3) is 4.87. The lowest BCUT2D eigenvalue weighted by Gasteiger charge is -2.15. The molecule has 0 N–H and O–H groups in total. The molecule has 5 aromatic rings. The minimum absolute atomic E-state index is 0.0478. The largest absolute Gasteiger partial charge is 0.489 e. The average molecular weight is 525 g/mol. The second-order valence-electron chi connectivity index (χ2n) is 8.65. The van der Waals surface area contributed by atoms with E-state index in [9.17, 15) is 18.0 Å². The zero-order valence-corrected chi connectivity index (χ0v) is 20.5. The maximum absolute atomic E-state index is 13.9. The van der Waals surface area contributed by atoms with Crippen LogP contribution in [0, 0.1) is 13.8 Å². The van der Waals surface area contributed by atoms with Crippen LogP contribution in [0.2, 0.25) is 5.02 Å². The summed E-state index contributed by atoms with van der Waals surface area (Å²) >= 11 is 6.15. The molecule has 0 aliphatic heterocycles. The molecule has 0 amide bonds. The lowest BCUT2D eigenvalue weighted by molar-refractivity contribution is -0.154. The van der Waals surface area contributed by atoms with Gasteiger partial charge in [0.05, 0.1) is 5.39 Å². The van der Waals surface area contributed by atoms with Gasteiger partial charge in [0.25, 0.3) is 5.76 Å². The third-order valence-electron chi connectivity index (χ3n) is 5.98. The first-order valence-corrected chi connectivity index (χ1v) is 11.7. The SMILES string of the molecule is Cc1cc(Oc2c(C(F)(F)F)oc3cc(OCc4cccc5ccccc45)ccc3c2=O)cc(C)c1Cl. The van der Waals surface area contributed by atoms with E-state index in [2.05, 4.69) is 0 Å². The Morgan fingerprint density at radius 3 is 2.30 bits per heavy atom. The van der Waals surface area contributed by atoms with E-state index >= 15 is 0 Å². The molecule has 0 unspecified atom stereocenters. The normalized spacial score (nSPS) is 11.7. The summed E-state index contributed by atoms with van der Waals surface area (Å²) < 4.78 is 58.3. The van der Waals surface area contributed by atoms with Crippen LogP contribution in [0.4, 0.5) is 13.2 Å². The summed E-state index contributed by atoms with van der Waals surface area (Å²) in [6.07, 6.45) is -4.97. The molecule has 0 saturated heterocycles. The van der Waals surface area contributed by atoms with Crippen LogP contribution in [0.3, 0.4) is 0 Å². The lowest BCUT2D eigenvalue weighted by atomic mass is 10.1.